The fourth-order valence-corrected chi connectivity index (χ4v) is 3.75. The first-order valence-electron chi connectivity index (χ1n) is 8.98. The van der Waals surface area contributed by atoms with Crippen molar-refractivity contribution in [1.82, 2.24) is 14.6 Å². The molecular formula is C19H23N3O5S. The molecule has 0 radical (unpaired) electrons. The van der Waals surface area contributed by atoms with Crippen LogP contribution in [-0.4, -0.2) is 56.6 Å². The predicted octanol–water partition coefficient (Wildman–Crippen LogP) is 1.19. The van der Waals surface area contributed by atoms with E-state index in [-0.39, 0.29) is 17.3 Å². The van der Waals surface area contributed by atoms with E-state index in [1.807, 2.05) is 0 Å². The Hall–Kier alpha value is -2.49. The Morgan fingerprint density at radius 2 is 1.93 bits per heavy atom. The van der Waals surface area contributed by atoms with Gasteiger partial charge in [-0.05, 0) is 43.3 Å². The van der Waals surface area contributed by atoms with Gasteiger partial charge in [0.15, 0.2) is 6.10 Å². The number of morpholine rings is 1. The van der Waals surface area contributed by atoms with Crippen LogP contribution in [0.3, 0.4) is 0 Å². The number of hydrogen-bond acceptors (Lipinski definition) is 6. The Labute approximate surface area is 164 Å². The van der Waals surface area contributed by atoms with Gasteiger partial charge in [-0.3, -0.25) is 9.78 Å². The molecule has 1 atom stereocenters. The molecule has 9 heteroatoms. The van der Waals surface area contributed by atoms with Gasteiger partial charge >= 0.3 is 0 Å². The molecule has 28 heavy (non-hydrogen) atoms. The van der Waals surface area contributed by atoms with Gasteiger partial charge in [0, 0.05) is 19.3 Å². The lowest BCUT2D eigenvalue weighted by Crippen LogP contribution is -2.46. The minimum Gasteiger partial charge on any atom is -0.481 e. The predicted molar refractivity (Wildman–Crippen MR) is 102 cm³/mol. The van der Waals surface area contributed by atoms with Crippen LogP contribution in [0.15, 0.2) is 53.6 Å². The monoisotopic (exact) mass is 405 g/mol. The van der Waals surface area contributed by atoms with Crippen molar-refractivity contribution < 1.29 is 22.7 Å². The van der Waals surface area contributed by atoms with Crippen molar-refractivity contribution >= 4 is 15.9 Å². The van der Waals surface area contributed by atoms with Crippen LogP contribution in [0, 0.1) is 0 Å². The number of rotatable bonds is 7. The Bertz CT molecular complexity index is 882. The average molecular weight is 405 g/mol. The summed E-state index contributed by atoms with van der Waals surface area (Å²) in [6.07, 6.45) is 0.942. The van der Waals surface area contributed by atoms with Crippen LogP contribution in [0.1, 0.15) is 12.6 Å². The minimum absolute atomic E-state index is 0.104. The summed E-state index contributed by atoms with van der Waals surface area (Å²) in [6.45, 7) is 3.92. The molecule has 1 aromatic heterocycles. The van der Waals surface area contributed by atoms with Crippen molar-refractivity contribution in [3.05, 3.63) is 54.4 Å². The van der Waals surface area contributed by atoms with E-state index in [4.69, 9.17) is 9.47 Å². The highest BCUT2D eigenvalue weighted by Crippen LogP contribution is 2.18. The van der Waals surface area contributed by atoms with Gasteiger partial charge < -0.3 is 14.4 Å². The summed E-state index contributed by atoms with van der Waals surface area (Å²) in [5, 5.41) is 0. The van der Waals surface area contributed by atoms with Crippen molar-refractivity contribution in [1.29, 1.82) is 0 Å². The SMILES string of the molecule is CC(Oc1ccc(S(=O)(=O)NCc2ccccn2)cc1)C(=O)N1CCOCC1. The molecular weight excluding hydrogens is 382 g/mol. The third kappa shape index (κ3) is 5.28. The molecule has 1 aromatic carbocycles. The molecule has 2 aromatic rings. The molecule has 1 fully saturated rings. The first-order chi connectivity index (χ1) is 13.5. The zero-order valence-electron chi connectivity index (χ0n) is 15.6. The van der Waals surface area contributed by atoms with Crippen molar-refractivity contribution in [3.63, 3.8) is 0 Å². The summed E-state index contributed by atoms with van der Waals surface area (Å²) in [5.74, 6) is 0.315. The standard InChI is InChI=1S/C19H23N3O5S/c1-15(19(23)22-10-12-26-13-11-22)27-17-5-7-18(8-6-17)28(24,25)21-14-16-4-2-3-9-20-16/h2-9,15,21H,10-14H2,1H3. The van der Waals surface area contributed by atoms with E-state index in [1.54, 1.807) is 48.4 Å². The summed E-state index contributed by atoms with van der Waals surface area (Å²) in [6, 6.07) is 11.3. The zero-order valence-corrected chi connectivity index (χ0v) is 16.4. The van der Waals surface area contributed by atoms with Gasteiger partial charge in [-0.25, -0.2) is 13.1 Å². The number of benzene rings is 1. The molecule has 1 aliphatic heterocycles. The molecule has 150 valence electrons. The summed E-state index contributed by atoms with van der Waals surface area (Å²) < 4.78 is 38.2. The van der Waals surface area contributed by atoms with E-state index in [0.717, 1.165) is 0 Å². The third-order valence-electron chi connectivity index (χ3n) is 4.29. The van der Waals surface area contributed by atoms with E-state index in [2.05, 4.69) is 9.71 Å². The molecule has 0 bridgehead atoms. The maximum Gasteiger partial charge on any atom is 0.263 e. The number of hydrogen-bond donors (Lipinski definition) is 1. The summed E-state index contributed by atoms with van der Waals surface area (Å²) in [4.78, 5) is 18.3. The summed E-state index contributed by atoms with van der Waals surface area (Å²) in [7, 11) is -3.67. The number of pyridine rings is 1. The van der Waals surface area contributed by atoms with E-state index < -0.39 is 16.1 Å². The van der Waals surface area contributed by atoms with Crippen molar-refractivity contribution in [3.8, 4) is 5.75 Å². The molecule has 1 saturated heterocycles. The van der Waals surface area contributed by atoms with Gasteiger partial charge in [-0.1, -0.05) is 6.07 Å². The van der Waals surface area contributed by atoms with Crippen molar-refractivity contribution in [2.45, 2.75) is 24.5 Å². The highest BCUT2D eigenvalue weighted by Gasteiger charge is 2.24. The average Bonchev–Trinajstić information content (AvgIpc) is 2.73. The van der Waals surface area contributed by atoms with E-state index >= 15 is 0 Å². The molecule has 1 aliphatic rings. The Kier molecular flexibility index (Phi) is 6.61. The fraction of sp³-hybridized carbons (Fsp3) is 0.368. The highest BCUT2D eigenvalue weighted by molar-refractivity contribution is 7.89. The van der Waals surface area contributed by atoms with Gasteiger partial charge in [0.25, 0.3) is 5.91 Å². The second kappa shape index (κ2) is 9.13. The molecule has 0 aliphatic carbocycles. The van der Waals surface area contributed by atoms with Crippen LogP contribution < -0.4 is 9.46 Å². The Morgan fingerprint density at radius 3 is 2.57 bits per heavy atom. The Balaban J connectivity index is 1.58. The smallest absolute Gasteiger partial charge is 0.263 e. The second-order valence-corrected chi connectivity index (χ2v) is 8.08. The maximum absolute atomic E-state index is 12.4. The number of nitrogens with one attached hydrogen (secondary N) is 1. The zero-order chi connectivity index (χ0) is 20.0. The van der Waals surface area contributed by atoms with Crippen LogP contribution in [0.2, 0.25) is 0 Å². The first-order valence-corrected chi connectivity index (χ1v) is 10.5. The number of amides is 1. The highest BCUT2D eigenvalue weighted by atomic mass is 32.2. The number of aromatic nitrogens is 1. The normalized spacial score (nSPS) is 15.8. The number of ether oxygens (including phenoxy) is 2. The summed E-state index contributed by atoms with van der Waals surface area (Å²) in [5.41, 5.74) is 0.626. The number of carbonyl (C=O) groups is 1. The number of sulfonamides is 1. The molecule has 8 nitrogen and oxygen atoms in total. The lowest BCUT2D eigenvalue weighted by molar-refractivity contribution is -0.142. The fourth-order valence-electron chi connectivity index (χ4n) is 2.75. The topological polar surface area (TPSA) is 97.8 Å². The molecule has 1 amide bonds. The Morgan fingerprint density at radius 1 is 1.21 bits per heavy atom. The molecule has 3 rings (SSSR count). The van der Waals surface area contributed by atoms with Gasteiger partial charge in [0.2, 0.25) is 10.0 Å². The minimum atomic E-state index is -3.67. The summed E-state index contributed by atoms with van der Waals surface area (Å²) >= 11 is 0. The van der Waals surface area contributed by atoms with Crippen LogP contribution in [0.4, 0.5) is 0 Å². The third-order valence-corrected chi connectivity index (χ3v) is 5.70. The number of nitrogens with zero attached hydrogens (tertiary/aromatic N) is 2. The molecule has 0 spiro atoms. The van der Waals surface area contributed by atoms with Crippen LogP contribution >= 0.6 is 0 Å². The van der Waals surface area contributed by atoms with E-state index in [1.165, 1.54) is 12.1 Å². The van der Waals surface area contributed by atoms with Gasteiger partial charge in [0.05, 0.1) is 30.3 Å². The van der Waals surface area contributed by atoms with E-state index in [0.29, 0.717) is 37.7 Å². The van der Waals surface area contributed by atoms with E-state index in [9.17, 15) is 13.2 Å². The van der Waals surface area contributed by atoms with Crippen LogP contribution in [0.25, 0.3) is 0 Å². The molecule has 0 saturated carbocycles. The van der Waals surface area contributed by atoms with Crippen molar-refractivity contribution in [2.24, 2.45) is 0 Å². The molecule has 1 N–H and O–H groups in total. The van der Waals surface area contributed by atoms with Gasteiger partial charge in [0.1, 0.15) is 5.75 Å². The second-order valence-electron chi connectivity index (χ2n) is 6.31. The largest absolute Gasteiger partial charge is 0.481 e. The molecule has 2 heterocycles. The maximum atomic E-state index is 12.4. The lowest BCUT2D eigenvalue weighted by atomic mass is 10.3. The van der Waals surface area contributed by atoms with Crippen LogP contribution in [0.5, 0.6) is 5.75 Å². The first kappa shape index (κ1) is 20.2. The molecule has 1 unspecified atom stereocenters. The van der Waals surface area contributed by atoms with Crippen molar-refractivity contribution in [2.75, 3.05) is 26.3 Å². The van der Waals surface area contributed by atoms with Gasteiger partial charge in [-0.15, -0.1) is 0 Å². The van der Waals surface area contributed by atoms with Crippen LogP contribution in [-0.2, 0) is 26.1 Å². The lowest BCUT2D eigenvalue weighted by Gasteiger charge is -2.29. The number of carbonyl (C=O) groups excluding carboxylic acids is 1. The van der Waals surface area contributed by atoms with Gasteiger partial charge in [-0.2, -0.15) is 0 Å². The quantitative estimate of drug-likeness (QED) is 0.743.